The number of anilines is 1. The Kier molecular flexibility index (Phi) is 6.47. The molecule has 1 aromatic heterocycles. The minimum Gasteiger partial charge on any atom is -0.369 e. The van der Waals surface area contributed by atoms with Crippen LogP contribution in [0.5, 0.6) is 0 Å². The SMILES string of the molecule is Cn1ncc(N2CCC[C@@H](C(=O)NC3CCN(Cc4ccccc4)CC3)C2)cc1=O. The summed E-state index contributed by atoms with van der Waals surface area (Å²) in [7, 11) is 1.64. The van der Waals surface area contributed by atoms with Crippen molar-refractivity contribution in [1.82, 2.24) is 20.0 Å². The summed E-state index contributed by atoms with van der Waals surface area (Å²) in [6.45, 7) is 4.50. The number of benzene rings is 1. The average Bonchev–Trinajstić information content (AvgIpc) is 2.78. The molecule has 0 aliphatic carbocycles. The third-order valence-corrected chi connectivity index (χ3v) is 6.29. The summed E-state index contributed by atoms with van der Waals surface area (Å²) in [5, 5.41) is 7.40. The van der Waals surface area contributed by atoms with Gasteiger partial charge in [-0.05, 0) is 31.2 Å². The molecule has 7 nitrogen and oxygen atoms in total. The molecule has 1 atom stereocenters. The largest absolute Gasteiger partial charge is 0.369 e. The van der Waals surface area contributed by atoms with E-state index in [1.807, 2.05) is 6.07 Å². The highest BCUT2D eigenvalue weighted by Crippen LogP contribution is 2.22. The number of nitrogens with zero attached hydrogens (tertiary/aromatic N) is 4. The summed E-state index contributed by atoms with van der Waals surface area (Å²) >= 11 is 0. The fourth-order valence-electron chi connectivity index (χ4n) is 4.45. The molecule has 2 aliphatic rings. The standard InChI is InChI=1S/C23H31N5O2/c1-26-22(29)14-21(15-24-26)28-11-5-8-19(17-28)23(30)25-20-9-12-27(13-10-20)16-18-6-3-2-4-7-18/h2-4,6-7,14-15,19-20H,5,8-13,16-17H2,1H3,(H,25,30)/t19-/m1/s1. The minimum absolute atomic E-state index is 0.0369. The molecule has 0 spiro atoms. The van der Waals surface area contributed by atoms with Gasteiger partial charge in [-0.25, -0.2) is 4.68 Å². The van der Waals surface area contributed by atoms with Crippen LogP contribution < -0.4 is 15.8 Å². The Morgan fingerprint density at radius 3 is 2.63 bits per heavy atom. The lowest BCUT2D eigenvalue weighted by molar-refractivity contribution is -0.126. The number of aryl methyl sites for hydroxylation is 1. The Morgan fingerprint density at radius 1 is 1.13 bits per heavy atom. The number of rotatable bonds is 5. The molecule has 3 heterocycles. The van der Waals surface area contributed by atoms with Crippen molar-refractivity contribution in [2.24, 2.45) is 13.0 Å². The number of carbonyl (C=O) groups excluding carboxylic acids is 1. The van der Waals surface area contributed by atoms with Crippen molar-refractivity contribution in [2.45, 2.75) is 38.3 Å². The van der Waals surface area contributed by atoms with Gasteiger partial charge in [0.05, 0.1) is 17.8 Å². The molecule has 1 N–H and O–H groups in total. The van der Waals surface area contributed by atoms with Crippen LogP contribution in [0.25, 0.3) is 0 Å². The average molecular weight is 410 g/mol. The summed E-state index contributed by atoms with van der Waals surface area (Å²) in [5.41, 5.74) is 2.03. The van der Waals surface area contributed by atoms with Gasteiger partial charge in [0.25, 0.3) is 5.56 Å². The maximum Gasteiger partial charge on any atom is 0.268 e. The first-order valence-corrected chi connectivity index (χ1v) is 10.9. The van der Waals surface area contributed by atoms with Crippen LogP contribution in [0.1, 0.15) is 31.2 Å². The molecule has 30 heavy (non-hydrogen) atoms. The molecule has 2 aromatic rings. The van der Waals surface area contributed by atoms with Crippen molar-refractivity contribution in [1.29, 1.82) is 0 Å². The van der Waals surface area contributed by atoms with E-state index in [0.717, 1.165) is 57.5 Å². The van der Waals surface area contributed by atoms with Crippen molar-refractivity contribution in [3.8, 4) is 0 Å². The zero-order valence-corrected chi connectivity index (χ0v) is 17.7. The summed E-state index contributed by atoms with van der Waals surface area (Å²) in [4.78, 5) is 29.4. The Hall–Kier alpha value is -2.67. The molecule has 2 saturated heterocycles. The molecule has 2 aliphatic heterocycles. The maximum atomic E-state index is 12.9. The number of likely N-dealkylation sites (tertiary alicyclic amines) is 1. The lowest BCUT2D eigenvalue weighted by Gasteiger charge is -2.36. The summed E-state index contributed by atoms with van der Waals surface area (Å²) in [6.07, 6.45) is 5.54. The Bertz CT molecular complexity index is 905. The first kappa shape index (κ1) is 20.6. The summed E-state index contributed by atoms with van der Waals surface area (Å²) < 4.78 is 1.32. The molecule has 2 fully saturated rings. The summed E-state index contributed by atoms with van der Waals surface area (Å²) in [6, 6.07) is 12.4. The third-order valence-electron chi connectivity index (χ3n) is 6.29. The van der Waals surface area contributed by atoms with Gasteiger partial charge >= 0.3 is 0 Å². The quantitative estimate of drug-likeness (QED) is 0.815. The minimum atomic E-state index is -0.124. The van der Waals surface area contributed by atoms with Gasteiger partial charge in [-0.3, -0.25) is 14.5 Å². The van der Waals surface area contributed by atoms with Crippen LogP contribution >= 0.6 is 0 Å². The molecule has 0 radical (unpaired) electrons. The van der Waals surface area contributed by atoms with Gasteiger partial charge in [-0.2, -0.15) is 5.10 Å². The molecule has 1 amide bonds. The van der Waals surface area contributed by atoms with E-state index in [1.54, 1.807) is 19.3 Å². The zero-order chi connectivity index (χ0) is 20.9. The van der Waals surface area contributed by atoms with Crippen molar-refractivity contribution >= 4 is 11.6 Å². The highest BCUT2D eigenvalue weighted by Gasteiger charge is 2.29. The lowest BCUT2D eigenvalue weighted by atomic mass is 9.95. The molecule has 0 unspecified atom stereocenters. The van der Waals surface area contributed by atoms with Crippen molar-refractivity contribution in [3.05, 3.63) is 58.5 Å². The number of nitrogens with one attached hydrogen (secondary N) is 1. The van der Waals surface area contributed by atoms with Crippen LogP contribution in [0.4, 0.5) is 5.69 Å². The molecule has 4 rings (SSSR count). The molecular weight excluding hydrogens is 378 g/mol. The molecule has 7 heteroatoms. The maximum absolute atomic E-state index is 12.9. The van der Waals surface area contributed by atoms with E-state index >= 15 is 0 Å². The van der Waals surface area contributed by atoms with Crippen LogP contribution in [-0.2, 0) is 18.4 Å². The number of hydrogen-bond acceptors (Lipinski definition) is 5. The van der Waals surface area contributed by atoms with Crippen LogP contribution in [-0.4, -0.2) is 52.8 Å². The summed E-state index contributed by atoms with van der Waals surface area (Å²) in [5.74, 6) is 0.114. The third kappa shape index (κ3) is 5.08. The second-order valence-electron chi connectivity index (χ2n) is 8.51. The monoisotopic (exact) mass is 409 g/mol. The smallest absolute Gasteiger partial charge is 0.268 e. The lowest BCUT2D eigenvalue weighted by Crippen LogP contribution is -2.49. The van der Waals surface area contributed by atoms with Gasteiger partial charge in [0.2, 0.25) is 5.91 Å². The van der Waals surface area contributed by atoms with Gasteiger partial charge in [0.15, 0.2) is 0 Å². The number of amides is 1. The van der Waals surface area contributed by atoms with Crippen molar-refractivity contribution < 1.29 is 4.79 Å². The molecule has 160 valence electrons. The van der Waals surface area contributed by atoms with Crippen LogP contribution in [0.2, 0.25) is 0 Å². The highest BCUT2D eigenvalue weighted by atomic mass is 16.2. The van der Waals surface area contributed by atoms with Crippen LogP contribution in [0, 0.1) is 5.92 Å². The van der Waals surface area contributed by atoms with Crippen molar-refractivity contribution in [3.63, 3.8) is 0 Å². The van der Waals surface area contributed by atoms with Gasteiger partial charge in [0, 0.05) is 51.9 Å². The van der Waals surface area contributed by atoms with E-state index in [-0.39, 0.29) is 23.4 Å². The van der Waals surface area contributed by atoms with Gasteiger partial charge in [0.1, 0.15) is 0 Å². The first-order chi connectivity index (χ1) is 14.6. The first-order valence-electron chi connectivity index (χ1n) is 10.9. The topological polar surface area (TPSA) is 70.5 Å². The zero-order valence-electron chi connectivity index (χ0n) is 17.7. The van der Waals surface area contributed by atoms with E-state index in [4.69, 9.17) is 0 Å². The van der Waals surface area contributed by atoms with Crippen LogP contribution in [0.15, 0.2) is 47.4 Å². The Balaban J connectivity index is 1.26. The highest BCUT2D eigenvalue weighted by molar-refractivity contribution is 5.80. The number of aromatic nitrogens is 2. The fourth-order valence-corrected chi connectivity index (χ4v) is 4.45. The van der Waals surface area contributed by atoms with Crippen molar-refractivity contribution in [2.75, 3.05) is 31.1 Å². The number of hydrogen-bond donors (Lipinski definition) is 1. The molecule has 0 saturated carbocycles. The number of piperidine rings is 2. The van der Waals surface area contributed by atoms with E-state index in [0.29, 0.717) is 6.54 Å². The van der Waals surface area contributed by atoms with Gasteiger partial charge < -0.3 is 10.2 Å². The predicted molar refractivity (Wildman–Crippen MR) is 117 cm³/mol. The van der Waals surface area contributed by atoms with E-state index in [1.165, 1.54) is 10.2 Å². The van der Waals surface area contributed by atoms with Gasteiger partial charge in [-0.15, -0.1) is 0 Å². The fraction of sp³-hybridized carbons (Fsp3) is 0.522. The van der Waals surface area contributed by atoms with E-state index < -0.39 is 0 Å². The van der Waals surface area contributed by atoms with Crippen LogP contribution in [0.3, 0.4) is 0 Å². The second kappa shape index (κ2) is 9.43. The Morgan fingerprint density at radius 2 is 1.90 bits per heavy atom. The van der Waals surface area contributed by atoms with E-state index in [9.17, 15) is 9.59 Å². The predicted octanol–water partition coefficient (Wildman–Crippen LogP) is 1.78. The van der Waals surface area contributed by atoms with Gasteiger partial charge in [-0.1, -0.05) is 30.3 Å². The normalized spacial score (nSPS) is 20.8. The Labute approximate surface area is 177 Å². The molecule has 1 aromatic carbocycles. The number of carbonyl (C=O) groups is 1. The molecule has 0 bridgehead atoms. The molecular formula is C23H31N5O2. The second-order valence-corrected chi connectivity index (χ2v) is 8.51. The van der Waals surface area contributed by atoms with E-state index in [2.05, 4.69) is 44.5 Å².